The molecule has 0 aliphatic heterocycles. The Bertz CT molecular complexity index is 1320. The molecule has 1 N–H and O–H groups in total. The van der Waals surface area contributed by atoms with E-state index in [1.165, 1.54) is 35.7 Å². The Hall–Kier alpha value is -4.12. The molecule has 32 heavy (non-hydrogen) atoms. The van der Waals surface area contributed by atoms with Crippen LogP contribution in [0.4, 0.5) is 11.4 Å². The van der Waals surface area contributed by atoms with Gasteiger partial charge in [0.25, 0.3) is 11.6 Å². The van der Waals surface area contributed by atoms with Gasteiger partial charge < -0.3 is 10.1 Å². The number of thiophene rings is 1. The minimum absolute atomic E-state index is 0.0223. The predicted octanol–water partition coefficient (Wildman–Crippen LogP) is 3.88. The zero-order valence-corrected chi connectivity index (χ0v) is 17.7. The molecule has 0 saturated heterocycles. The molecule has 162 valence electrons. The third kappa shape index (κ3) is 4.18. The summed E-state index contributed by atoms with van der Waals surface area (Å²) in [5.74, 6) is -1.41. The van der Waals surface area contributed by atoms with Gasteiger partial charge in [-0.1, -0.05) is 18.2 Å². The van der Waals surface area contributed by atoms with Gasteiger partial charge in [-0.15, -0.1) is 11.3 Å². The molecule has 0 aliphatic rings. The van der Waals surface area contributed by atoms with E-state index in [2.05, 4.69) is 15.4 Å². The van der Waals surface area contributed by atoms with E-state index in [0.29, 0.717) is 23.3 Å². The summed E-state index contributed by atoms with van der Waals surface area (Å²) in [6.45, 7) is 1.87. The number of carbonyl (C=O) groups excluding carboxylic acids is 2. The van der Waals surface area contributed by atoms with Crippen molar-refractivity contribution in [1.29, 1.82) is 0 Å². The highest BCUT2D eigenvalue weighted by Gasteiger charge is 2.20. The van der Waals surface area contributed by atoms with Crippen molar-refractivity contribution in [3.8, 4) is 10.6 Å². The SMILES string of the molecule is CCn1ncc2c(C(=O)OCC(=O)Nc3ccccc3[N+](=O)[O-])cc(-c3cccs3)nc21. The fraction of sp³-hybridized carbons (Fsp3) is 0.143. The maximum Gasteiger partial charge on any atom is 0.339 e. The smallest absolute Gasteiger partial charge is 0.339 e. The van der Waals surface area contributed by atoms with Crippen molar-refractivity contribution in [2.45, 2.75) is 13.5 Å². The zero-order chi connectivity index (χ0) is 22.7. The number of esters is 1. The summed E-state index contributed by atoms with van der Waals surface area (Å²) in [4.78, 5) is 41.1. The number of pyridine rings is 1. The topological polar surface area (TPSA) is 129 Å². The van der Waals surface area contributed by atoms with Crippen LogP contribution in [0.2, 0.25) is 0 Å². The Morgan fingerprint density at radius 1 is 1.25 bits per heavy atom. The van der Waals surface area contributed by atoms with Gasteiger partial charge in [0.05, 0.1) is 32.6 Å². The van der Waals surface area contributed by atoms with Crippen molar-refractivity contribution in [2.24, 2.45) is 0 Å². The standard InChI is InChI=1S/C21H17N5O5S/c1-2-25-20-14(11-22-25)13(10-16(24-20)18-8-5-9-32-18)21(28)31-12-19(27)23-15-6-3-4-7-17(15)26(29)30/h3-11H,2,12H2,1H3,(H,23,27). The molecule has 0 atom stereocenters. The number of fused-ring (bicyclic) bond motifs is 1. The Labute approximate surface area is 185 Å². The van der Waals surface area contributed by atoms with Crippen molar-refractivity contribution in [2.75, 3.05) is 11.9 Å². The van der Waals surface area contributed by atoms with Gasteiger partial charge in [0, 0.05) is 12.6 Å². The Morgan fingerprint density at radius 2 is 2.06 bits per heavy atom. The largest absolute Gasteiger partial charge is 0.452 e. The van der Waals surface area contributed by atoms with Crippen LogP contribution in [-0.2, 0) is 16.1 Å². The lowest BCUT2D eigenvalue weighted by atomic mass is 10.1. The molecule has 0 fully saturated rings. The first kappa shape index (κ1) is 21.1. The van der Waals surface area contributed by atoms with Crippen molar-refractivity contribution in [3.05, 3.63) is 69.7 Å². The molecule has 3 heterocycles. The fourth-order valence-corrected chi connectivity index (χ4v) is 3.82. The van der Waals surface area contributed by atoms with Crippen LogP contribution in [-0.4, -0.2) is 38.2 Å². The van der Waals surface area contributed by atoms with Gasteiger partial charge in [-0.25, -0.2) is 14.5 Å². The maximum atomic E-state index is 12.8. The van der Waals surface area contributed by atoms with Gasteiger partial charge >= 0.3 is 5.97 Å². The first-order chi connectivity index (χ1) is 15.5. The molecular formula is C21H17N5O5S. The van der Waals surface area contributed by atoms with Crippen molar-refractivity contribution in [1.82, 2.24) is 14.8 Å². The second kappa shape index (κ2) is 8.94. The summed E-state index contributed by atoms with van der Waals surface area (Å²) in [6.07, 6.45) is 1.54. The number of anilines is 1. The summed E-state index contributed by atoms with van der Waals surface area (Å²) in [7, 11) is 0. The van der Waals surface area contributed by atoms with E-state index < -0.39 is 23.4 Å². The molecule has 10 nitrogen and oxygen atoms in total. The van der Waals surface area contributed by atoms with Crippen LogP contribution in [0.3, 0.4) is 0 Å². The molecule has 4 aromatic rings. The predicted molar refractivity (Wildman–Crippen MR) is 119 cm³/mol. The summed E-state index contributed by atoms with van der Waals surface area (Å²) >= 11 is 1.48. The number of benzene rings is 1. The van der Waals surface area contributed by atoms with Crippen LogP contribution in [0.25, 0.3) is 21.6 Å². The molecule has 0 unspecified atom stereocenters. The molecule has 11 heteroatoms. The Kier molecular flexibility index (Phi) is 5.90. The number of aromatic nitrogens is 3. The number of aryl methyl sites for hydroxylation is 1. The van der Waals surface area contributed by atoms with E-state index in [4.69, 9.17) is 4.74 Å². The first-order valence-electron chi connectivity index (χ1n) is 9.58. The summed E-state index contributed by atoms with van der Waals surface area (Å²) in [5, 5.41) is 20.2. The second-order valence-electron chi connectivity index (χ2n) is 6.63. The zero-order valence-electron chi connectivity index (χ0n) is 16.8. The number of nitro groups is 1. The number of hydrogen-bond acceptors (Lipinski definition) is 8. The third-order valence-electron chi connectivity index (χ3n) is 4.61. The normalized spacial score (nSPS) is 10.8. The van der Waals surface area contributed by atoms with Crippen LogP contribution in [0.5, 0.6) is 0 Å². The highest BCUT2D eigenvalue weighted by Crippen LogP contribution is 2.28. The minimum atomic E-state index is -0.719. The number of carbonyl (C=O) groups is 2. The van der Waals surface area contributed by atoms with Crippen LogP contribution in [0.15, 0.2) is 54.0 Å². The highest BCUT2D eigenvalue weighted by atomic mass is 32.1. The lowest BCUT2D eigenvalue weighted by molar-refractivity contribution is -0.383. The minimum Gasteiger partial charge on any atom is -0.452 e. The molecule has 3 aromatic heterocycles. The average molecular weight is 451 g/mol. The fourth-order valence-electron chi connectivity index (χ4n) is 3.13. The van der Waals surface area contributed by atoms with E-state index >= 15 is 0 Å². The summed E-state index contributed by atoms with van der Waals surface area (Å²) < 4.78 is 6.87. The number of para-hydroxylation sites is 2. The van der Waals surface area contributed by atoms with E-state index in [0.717, 1.165) is 4.88 Å². The number of rotatable bonds is 7. The Balaban J connectivity index is 1.56. The van der Waals surface area contributed by atoms with Crippen molar-refractivity contribution < 1.29 is 19.2 Å². The molecular weight excluding hydrogens is 434 g/mol. The number of amides is 1. The summed E-state index contributed by atoms with van der Waals surface area (Å²) in [5.41, 5.74) is 1.13. The van der Waals surface area contributed by atoms with Crippen LogP contribution in [0, 0.1) is 10.1 Å². The van der Waals surface area contributed by atoms with Gasteiger partial charge in [-0.3, -0.25) is 14.9 Å². The highest BCUT2D eigenvalue weighted by molar-refractivity contribution is 7.13. The molecule has 1 amide bonds. The number of nitrogens with zero attached hydrogens (tertiary/aromatic N) is 4. The van der Waals surface area contributed by atoms with Crippen LogP contribution < -0.4 is 5.32 Å². The molecule has 0 radical (unpaired) electrons. The molecule has 0 spiro atoms. The number of nitrogens with one attached hydrogen (secondary N) is 1. The molecule has 4 rings (SSSR count). The molecule has 0 saturated carbocycles. The lowest BCUT2D eigenvalue weighted by Gasteiger charge is -2.09. The Morgan fingerprint density at radius 3 is 2.78 bits per heavy atom. The molecule has 0 bridgehead atoms. The summed E-state index contributed by atoms with van der Waals surface area (Å²) in [6, 6.07) is 11.1. The molecule has 1 aromatic carbocycles. The van der Waals surface area contributed by atoms with E-state index in [1.807, 2.05) is 24.4 Å². The second-order valence-corrected chi connectivity index (χ2v) is 7.58. The lowest BCUT2D eigenvalue weighted by Crippen LogP contribution is -2.21. The molecule has 0 aliphatic carbocycles. The van der Waals surface area contributed by atoms with Gasteiger partial charge in [0.15, 0.2) is 12.3 Å². The van der Waals surface area contributed by atoms with Crippen LogP contribution >= 0.6 is 11.3 Å². The van der Waals surface area contributed by atoms with Crippen molar-refractivity contribution in [3.63, 3.8) is 0 Å². The quantitative estimate of drug-likeness (QED) is 0.256. The van der Waals surface area contributed by atoms with Gasteiger partial charge in [-0.2, -0.15) is 5.10 Å². The number of hydrogen-bond donors (Lipinski definition) is 1. The monoisotopic (exact) mass is 451 g/mol. The van der Waals surface area contributed by atoms with E-state index in [1.54, 1.807) is 16.8 Å². The number of nitro benzene ring substituents is 1. The first-order valence-corrected chi connectivity index (χ1v) is 10.5. The number of ether oxygens (including phenoxy) is 1. The van der Waals surface area contributed by atoms with Gasteiger partial charge in [0.2, 0.25) is 0 Å². The van der Waals surface area contributed by atoms with E-state index in [9.17, 15) is 19.7 Å². The maximum absolute atomic E-state index is 12.8. The van der Waals surface area contributed by atoms with Gasteiger partial charge in [0.1, 0.15) is 5.69 Å². The van der Waals surface area contributed by atoms with E-state index in [-0.39, 0.29) is 16.9 Å². The van der Waals surface area contributed by atoms with Crippen LogP contribution in [0.1, 0.15) is 17.3 Å². The average Bonchev–Trinajstić information content (AvgIpc) is 3.47. The third-order valence-corrected chi connectivity index (χ3v) is 5.50. The van der Waals surface area contributed by atoms with Crippen molar-refractivity contribution >= 4 is 45.6 Å². The van der Waals surface area contributed by atoms with Gasteiger partial charge in [-0.05, 0) is 30.5 Å².